The van der Waals surface area contributed by atoms with E-state index in [9.17, 15) is 4.79 Å². The Morgan fingerprint density at radius 2 is 2.14 bits per heavy atom. The Hall–Kier alpha value is -1.88. The van der Waals surface area contributed by atoms with Gasteiger partial charge in [-0.2, -0.15) is 0 Å². The third-order valence-corrected chi connectivity index (χ3v) is 3.32. The number of fused-ring (bicyclic) bond motifs is 1. The first-order valence-electron chi connectivity index (χ1n) is 7.54. The second-order valence-corrected chi connectivity index (χ2v) is 4.89. The van der Waals surface area contributed by atoms with Gasteiger partial charge in [0.25, 0.3) is 0 Å². The van der Waals surface area contributed by atoms with E-state index >= 15 is 0 Å². The Kier molecular flexibility index (Phi) is 5.75. The van der Waals surface area contributed by atoms with Crippen molar-refractivity contribution in [3.05, 3.63) is 30.1 Å². The van der Waals surface area contributed by atoms with Crippen LogP contribution in [0.15, 0.2) is 24.3 Å². The van der Waals surface area contributed by atoms with Gasteiger partial charge in [0.1, 0.15) is 5.82 Å². The van der Waals surface area contributed by atoms with Gasteiger partial charge in [0.05, 0.1) is 24.2 Å². The van der Waals surface area contributed by atoms with Gasteiger partial charge in [-0.05, 0) is 25.5 Å². The summed E-state index contributed by atoms with van der Waals surface area (Å²) in [5.41, 5.74) is 2.03. The third kappa shape index (κ3) is 4.04. The minimum absolute atomic E-state index is 0.0703. The molecular formula is C16H23N3O2. The van der Waals surface area contributed by atoms with Crippen LogP contribution < -0.4 is 5.32 Å². The first-order valence-corrected chi connectivity index (χ1v) is 7.54. The molecule has 0 saturated carbocycles. The van der Waals surface area contributed by atoms with Crippen molar-refractivity contribution in [3.63, 3.8) is 0 Å². The molecule has 0 saturated heterocycles. The van der Waals surface area contributed by atoms with Gasteiger partial charge in [0.15, 0.2) is 0 Å². The van der Waals surface area contributed by atoms with Crippen molar-refractivity contribution in [1.29, 1.82) is 0 Å². The topological polar surface area (TPSA) is 56.2 Å². The second kappa shape index (κ2) is 7.78. The fourth-order valence-corrected chi connectivity index (χ4v) is 2.30. The highest BCUT2D eigenvalue weighted by Crippen LogP contribution is 2.16. The molecule has 0 aliphatic heterocycles. The van der Waals surface area contributed by atoms with Crippen LogP contribution in [0.3, 0.4) is 0 Å². The summed E-state index contributed by atoms with van der Waals surface area (Å²) in [6, 6.07) is 8.01. The minimum atomic E-state index is 0.0703. The Labute approximate surface area is 125 Å². The summed E-state index contributed by atoms with van der Waals surface area (Å²) in [4.78, 5) is 16.2. The molecule has 0 radical (unpaired) electrons. The van der Waals surface area contributed by atoms with E-state index in [2.05, 4.69) is 14.9 Å². The van der Waals surface area contributed by atoms with E-state index in [4.69, 9.17) is 4.74 Å². The molecule has 2 rings (SSSR count). The highest BCUT2D eigenvalue weighted by atomic mass is 16.5. The number of imidazole rings is 1. The highest BCUT2D eigenvalue weighted by molar-refractivity contribution is 5.77. The largest absolute Gasteiger partial charge is 0.380 e. The maximum absolute atomic E-state index is 11.6. The van der Waals surface area contributed by atoms with Gasteiger partial charge in [-0.3, -0.25) is 4.79 Å². The minimum Gasteiger partial charge on any atom is -0.380 e. The van der Waals surface area contributed by atoms with Crippen LogP contribution in [0.25, 0.3) is 11.0 Å². The lowest BCUT2D eigenvalue weighted by atomic mass is 10.3. The third-order valence-electron chi connectivity index (χ3n) is 3.32. The quantitative estimate of drug-likeness (QED) is 0.760. The molecule has 1 heterocycles. The lowest BCUT2D eigenvalue weighted by Gasteiger charge is -2.10. The van der Waals surface area contributed by atoms with Crippen LogP contribution in [0.4, 0.5) is 0 Å². The zero-order valence-electron chi connectivity index (χ0n) is 12.8. The molecule has 1 aromatic heterocycles. The standard InChI is InChI=1S/C16H23N3O2/c1-3-7-16(20)17-12-15-18-13-8-5-6-9-14(13)19(15)10-11-21-4-2/h5-6,8-9H,3-4,7,10-12H2,1-2H3,(H,17,20). The Morgan fingerprint density at radius 3 is 2.90 bits per heavy atom. The Bertz CT molecular complexity index is 592. The molecule has 114 valence electrons. The van der Waals surface area contributed by atoms with Gasteiger partial charge in [-0.15, -0.1) is 0 Å². The van der Waals surface area contributed by atoms with Crippen LogP contribution in [0, 0.1) is 0 Å². The molecule has 1 N–H and O–H groups in total. The van der Waals surface area contributed by atoms with E-state index < -0.39 is 0 Å². The van der Waals surface area contributed by atoms with E-state index in [1.807, 2.05) is 38.1 Å². The number of carbonyl (C=O) groups excluding carboxylic acids is 1. The molecule has 2 aromatic rings. The molecule has 0 aliphatic carbocycles. The highest BCUT2D eigenvalue weighted by Gasteiger charge is 2.11. The molecule has 0 bridgehead atoms. The van der Waals surface area contributed by atoms with E-state index in [0.29, 0.717) is 26.2 Å². The van der Waals surface area contributed by atoms with Crippen molar-refractivity contribution in [2.45, 2.75) is 39.8 Å². The van der Waals surface area contributed by atoms with Gasteiger partial charge >= 0.3 is 0 Å². The molecule has 0 atom stereocenters. The van der Waals surface area contributed by atoms with Gasteiger partial charge < -0.3 is 14.6 Å². The molecule has 0 unspecified atom stereocenters. The van der Waals surface area contributed by atoms with Crippen molar-refractivity contribution in [3.8, 4) is 0 Å². The van der Waals surface area contributed by atoms with E-state index in [0.717, 1.165) is 29.8 Å². The molecule has 5 heteroatoms. The second-order valence-electron chi connectivity index (χ2n) is 4.89. The number of carbonyl (C=O) groups is 1. The summed E-state index contributed by atoms with van der Waals surface area (Å²) in [7, 11) is 0. The van der Waals surface area contributed by atoms with Crippen LogP contribution in [0.5, 0.6) is 0 Å². The van der Waals surface area contributed by atoms with Crippen molar-refractivity contribution in [2.75, 3.05) is 13.2 Å². The van der Waals surface area contributed by atoms with Gasteiger partial charge in [0.2, 0.25) is 5.91 Å². The molecular weight excluding hydrogens is 266 g/mol. The van der Waals surface area contributed by atoms with Crippen molar-refractivity contribution in [1.82, 2.24) is 14.9 Å². The zero-order chi connectivity index (χ0) is 15.1. The van der Waals surface area contributed by atoms with E-state index in [1.165, 1.54) is 0 Å². The number of hydrogen-bond donors (Lipinski definition) is 1. The maximum atomic E-state index is 11.6. The lowest BCUT2D eigenvalue weighted by molar-refractivity contribution is -0.121. The number of ether oxygens (including phenoxy) is 1. The SMILES string of the molecule is CCCC(=O)NCc1nc2ccccc2n1CCOCC. The fraction of sp³-hybridized carbons (Fsp3) is 0.500. The average molecular weight is 289 g/mol. The summed E-state index contributed by atoms with van der Waals surface area (Å²) in [5, 5.41) is 2.93. The number of hydrogen-bond acceptors (Lipinski definition) is 3. The van der Waals surface area contributed by atoms with Crippen LogP contribution in [-0.4, -0.2) is 28.7 Å². The van der Waals surface area contributed by atoms with Gasteiger partial charge in [-0.1, -0.05) is 19.1 Å². The smallest absolute Gasteiger partial charge is 0.220 e. The zero-order valence-corrected chi connectivity index (χ0v) is 12.8. The number of nitrogens with zero attached hydrogens (tertiary/aromatic N) is 2. The van der Waals surface area contributed by atoms with Crippen LogP contribution >= 0.6 is 0 Å². The number of aromatic nitrogens is 2. The van der Waals surface area contributed by atoms with E-state index in [-0.39, 0.29) is 5.91 Å². The first-order chi connectivity index (χ1) is 10.3. The molecule has 0 spiro atoms. The van der Waals surface area contributed by atoms with E-state index in [1.54, 1.807) is 0 Å². The summed E-state index contributed by atoms with van der Waals surface area (Å²) in [6.45, 7) is 6.53. The van der Waals surface area contributed by atoms with Gasteiger partial charge in [-0.25, -0.2) is 4.98 Å². The molecule has 1 amide bonds. The predicted molar refractivity (Wildman–Crippen MR) is 83.0 cm³/mol. The molecule has 5 nitrogen and oxygen atoms in total. The Balaban J connectivity index is 2.16. The van der Waals surface area contributed by atoms with Gasteiger partial charge in [0, 0.05) is 19.6 Å². The normalized spacial score (nSPS) is 11.0. The number of amides is 1. The monoisotopic (exact) mass is 289 g/mol. The van der Waals surface area contributed by atoms with Crippen molar-refractivity contribution >= 4 is 16.9 Å². The van der Waals surface area contributed by atoms with Crippen LogP contribution in [0.2, 0.25) is 0 Å². The van der Waals surface area contributed by atoms with Crippen LogP contribution in [-0.2, 0) is 22.6 Å². The number of rotatable bonds is 8. The number of para-hydroxylation sites is 2. The molecule has 21 heavy (non-hydrogen) atoms. The maximum Gasteiger partial charge on any atom is 0.220 e. The fourth-order valence-electron chi connectivity index (χ4n) is 2.30. The summed E-state index contributed by atoms with van der Waals surface area (Å²) >= 11 is 0. The number of nitrogens with one attached hydrogen (secondary N) is 1. The van der Waals surface area contributed by atoms with Crippen molar-refractivity contribution in [2.24, 2.45) is 0 Å². The first kappa shape index (κ1) is 15.5. The summed E-state index contributed by atoms with van der Waals surface area (Å²) in [5.74, 6) is 0.946. The molecule has 0 fully saturated rings. The Morgan fingerprint density at radius 1 is 1.33 bits per heavy atom. The lowest BCUT2D eigenvalue weighted by Crippen LogP contribution is -2.24. The summed E-state index contributed by atoms with van der Waals surface area (Å²) < 4.78 is 7.56. The summed E-state index contributed by atoms with van der Waals surface area (Å²) in [6.07, 6.45) is 1.41. The van der Waals surface area contributed by atoms with Crippen molar-refractivity contribution < 1.29 is 9.53 Å². The number of benzene rings is 1. The molecule has 0 aliphatic rings. The predicted octanol–water partition coefficient (Wildman–Crippen LogP) is 2.49. The average Bonchev–Trinajstić information content (AvgIpc) is 2.84. The molecule has 1 aromatic carbocycles. The van der Waals surface area contributed by atoms with Crippen LogP contribution in [0.1, 0.15) is 32.5 Å².